The van der Waals surface area contributed by atoms with Crippen LogP contribution in [0.25, 0.3) is 16.5 Å². The Labute approximate surface area is 163 Å². The number of furan rings is 1. The molecule has 0 aliphatic heterocycles. The fourth-order valence-corrected chi connectivity index (χ4v) is 3.53. The molecule has 0 unspecified atom stereocenters. The van der Waals surface area contributed by atoms with Crippen molar-refractivity contribution in [2.45, 2.75) is 25.7 Å². The van der Waals surface area contributed by atoms with Crippen molar-refractivity contribution in [2.24, 2.45) is 0 Å². The van der Waals surface area contributed by atoms with Gasteiger partial charge in [-0.05, 0) is 68.5 Å². The van der Waals surface area contributed by atoms with Gasteiger partial charge in [-0.15, -0.1) is 11.8 Å². The summed E-state index contributed by atoms with van der Waals surface area (Å²) in [6, 6.07) is 9.79. The monoisotopic (exact) mass is 381 g/mol. The molecule has 140 valence electrons. The van der Waals surface area contributed by atoms with Crippen LogP contribution < -0.4 is 10.1 Å². The molecule has 2 aromatic carbocycles. The Morgan fingerprint density at radius 1 is 1.22 bits per heavy atom. The zero-order valence-corrected chi connectivity index (χ0v) is 17.0. The second-order valence-electron chi connectivity index (χ2n) is 6.42. The van der Waals surface area contributed by atoms with Gasteiger partial charge in [-0.25, -0.2) is 0 Å². The number of methoxy groups -OCH3 is 1. The normalized spacial score (nSPS) is 11.7. The number of carbonyl (C=O) groups excluding carboxylic acids is 1. The highest BCUT2D eigenvalue weighted by Gasteiger charge is 2.16. The van der Waals surface area contributed by atoms with E-state index in [1.807, 2.05) is 57.4 Å². The first-order valence-corrected chi connectivity index (χ1v) is 9.86. The van der Waals surface area contributed by atoms with Crippen LogP contribution in [-0.2, 0) is 4.79 Å². The Morgan fingerprint density at radius 2 is 1.93 bits per heavy atom. The van der Waals surface area contributed by atoms with Crippen LogP contribution >= 0.6 is 11.8 Å². The van der Waals surface area contributed by atoms with Gasteiger partial charge in [0.05, 0.1) is 13.4 Å². The van der Waals surface area contributed by atoms with Crippen LogP contribution in [0.5, 0.6) is 5.75 Å². The van der Waals surface area contributed by atoms with E-state index in [4.69, 9.17) is 9.15 Å². The first-order chi connectivity index (χ1) is 12.9. The number of aryl methyl sites for hydroxylation is 2. The number of carbonyl (C=O) groups is 1. The van der Waals surface area contributed by atoms with Gasteiger partial charge in [-0.3, -0.25) is 4.79 Å². The molecule has 27 heavy (non-hydrogen) atoms. The fourth-order valence-electron chi connectivity index (χ4n) is 3.12. The quantitative estimate of drug-likeness (QED) is 0.447. The summed E-state index contributed by atoms with van der Waals surface area (Å²) in [4.78, 5) is 13.6. The highest BCUT2D eigenvalue weighted by atomic mass is 32.2. The van der Waals surface area contributed by atoms with Crippen LogP contribution in [-0.4, -0.2) is 19.3 Å². The molecule has 0 bridgehead atoms. The minimum absolute atomic E-state index is 0.173. The van der Waals surface area contributed by atoms with Crippen LogP contribution in [0.3, 0.4) is 0 Å². The van der Waals surface area contributed by atoms with Crippen molar-refractivity contribution in [3.63, 3.8) is 0 Å². The van der Waals surface area contributed by atoms with Crippen molar-refractivity contribution in [3.8, 4) is 5.75 Å². The maximum Gasteiger partial charge on any atom is 0.248 e. The lowest BCUT2D eigenvalue weighted by molar-refractivity contribution is -0.111. The third-order valence-electron chi connectivity index (χ3n) is 4.57. The summed E-state index contributed by atoms with van der Waals surface area (Å²) >= 11 is 1.67. The zero-order valence-electron chi connectivity index (χ0n) is 16.2. The summed E-state index contributed by atoms with van der Waals surface area (Å²) in [6.07, 6.45) is 5.36. The van der Waals surface area contributed by atoms with Gasteiger partial charge in [0, 0.05) is 33.2 Å². The molecule has 0 saturated heterocycles. The average molecular weight is 381 g/mol. The van der Waals surface area contributed by atoms with E-state index in [1.165, 1.54) is 0 Å². The van der Waals surface area contributed by atoms with E-state index < -0.39 is 0 Å². The summed E-state index contributed by atoms with van der Waals surface area (Å²) in [6.45, 7) is 5.88. The van der Waals surface area contributed by atoms with Crippen molar-refractivity contribution >= 4 is 39.9 Å². The van der Waals surface area contributed by atoms with E-state index in [-0.39, 0.29) is 5.91 Å². The van der Waals surface area contributed by atoms with Crippen LogP contribution in [0.1, 0.15) is 23.6 Å². The minimum atomic E-state index is -0.173. The lowest BCUT2D eigenvalue weighted by atomic mass is 9.98. The molecule has 1 heterocycles. The Bertz CT molecular complexity index is 1020. The molecule has 3 aromatic rings. The van der Waals surface area contributed by atoms with E-state index in [9.17, 15) is 4.79 Å². The van der Waals surface area contributed by atoms with Crippen molar-refractivity contribution in [1.29, 1.82) is 0 Å². The number of allylic oxidation sites excluding steroid dienone is 1. The topological polar surface area (TPSA) is 51.5 Å². The number of hydrogen-bond acceptors (Lipinski definition) is 4. The average Bonchev–Trinajstić information content (AvgIpc) is 3.03. The van der Waals surface area contributed by atoms with Gasteiger partial charge in [-0.1, -0.05) is 0 Å². The molecule has 0 fully saturated rings. The van der Waals surface area contributed by atoms with Crippen molar-refractivity contribution < 1.29 is 13.9 Å². The summed E-state index contributed by atoms with van der Waals surface area (Å²) in [5, 5.41) is 3.94. The number of amides is 1. The molecule has 1 amide bonds. The van der Waals surface area contributed by atoms with Gasteiger partial charge in [0.1, 0.15) is 11.3 Å². The minimum Gasteiger partial charge on any atom is -0.496 e. The fraction of sp³-hybridized carbons (Fsp3) is 0.227. The van der Waals surface area contributed by atoms with Gasteiger partial charge in [-0.2, -0.15) is 0 Å². The number of benzene rings is 2. The largest absolute Gasteiger partial charge is 0.496 e. The second kappa shape index (κ2) is 7.92. The van der Waals surface area contributed by atoms with Crippen LogP contribution in [0.2, 0.25) is 0 Å². The Balaban J connectivity index is 1.92. The van der Waals surface area contributed by atoms with Crippen LogP contribution in [0, 0.1) is 13.8 Å². The summed E-state index contributed by atoms with van der Waals surface area (Å²) < 4.78 is 11.3. The molecule has 5 heteroatoms. The molecule has 1 N–H and O–H groups in total. The van der Waals surface area contributed by atoms with Gasteiger partial charge in [0.25, 0.3) is 0 Å². The van der Waals surface area contributed by atoms with Gasteiger partial charge in [0.2, 0.25) is 5.91 Å². The molecule has 0 radical (unpaired) electrons. The number of anilines is 1. The Morgan fingerprint density at radius 3 is 2.56 bits per heavy atom. The molecular formula is C22H23NO3S. The molecule has 0 spiro atoms. The number of rotatable bonds is 5. The summed E-state index contributed by atoms with van der Waals surface area (Å²) in [5.41, 5.74) is 5.29. The number of hydrogen-bond donors (Lipinski definition) is 1. The highest BCUT2D eigenvalue weighted by molar-refractivity contribution is 7.98. The first-order valence-electron chi connectivity index (χ1n) is 8.63. The van der Waals surface area contributed by atoms with E-state index in [0.29, 0.717) is 0 Å². The molecule has 0 aliphatic carbocycles. The van der Waals surface area contributed by atoms with E-state index >= 15 is 0 Å². The Hall–Kier alpha value is -2.66. The zero-order chi connectivity index (χ0) is 19.6. The summed E-state index contributed by atoms with van der Waals surface area (Å²) in [5.74, 6) is 0.552. The van der Waals surface area contributed by atoms with Gasteiger partial charge >= 0.3 is 0 Å². The Kier molecular flexibility index (Phi) is 5.61. The third-order valence-corrected chi connectivity index (χ3v) is 5.32. The number of nitrogens with one attached hydrogen (secondary N) is 1. The highest BCUT2D eigenvalue weighted by Crippen LogP contribution is 2.37. The molecular weight excluding hydrogens is 358 g/mol. The smallest absolute Gasteiger partial charge is 0.248 e. The summed E-state index contributed by atoms with van der Waals surface area (Å²) in [7, 11) is 1.63. The molecule has 0 saturated carbocycles. The maximum atomic E-state index is 12.5. The maximum absolute atomic E-state index is 12.5. The van der Waals surface area contributed by atoms with Gasteiger partial charge in [0.15, 0.2) is 0 Å². The lowest BCUT2D eigenvalue weighted by Gasteiger charge is -2.13. The number of fused-ring (bicyclic) bond motifs is 1. The van der Waals surface area contributed by atoms with Crippen molar-refractivity contribution in [1.82, 2.24) is 0 Å². The molecule has 0 aliphatic rings. The second-order valence-corrected chi connectivity index (χ2v) is 7.30. The van der Waals surface area contributed by atoms with E-state index in [1.54, 1.807) is 31.2 Å². The number of ether oxygens (including phenoxy) is 1. The predicted octanol–water partition coefficient (Wildman–Crippen LogP) is 5.82. The van der Waals surface area contributed by atoms with E-state index in [0.717, 1.165) is 49.6 Å². The molecule has 3 rings (SSSR count). The third kappa shape index (κ3) is 3.88. The predicted molar refractivity (Wildman–Crippen MR) is 113 cm³/mol. The standard InChI is InChI=1S/C22H23NO3S/c1-13(10-20(24)23-16-6-8-17(27-5)9-7-16)18-11-19-14(2)12-26-22(19)15(3)21(18)25-4/h6-12H,1-5H3,(H,23,24)/b13-10+. The first kappa shape index (κ1) is 19.1. The number of thioether (sulfide) groups is 1. The van der Waals surface area contributed by atoms with Crippen molar-refractivity contribution in [3.05, 3.63) is 59.4 Å². The molecule has 4 nitrogen and oxygen atoms in total. The lowest BCUT2D eigenvalue weighted by Crippen LogP contribution is -2.08. The molecule has 0 atom stereocenters. The van der Waals surface area contributed by atoms with Crippen LogP contribution in [0.4, 0.5) is 5.69 Å². The van der Waals surface area contributed by atoms with E-state index in [2.05, 4.69) is 5.32 Å². The SMILES string of the molecule is COc1c(/C(C)=C/C(=O)Nc2ccc(SC)cc2)cc2c(C)coc2c1C. The van der Waals surface area contributed by atoms with Crippen LogP contribution in [0.15, 0.2) is 52.0 Å². The van der Waals surface area contributed by atoms with Crippen molar-refractivity contribution in [2.75, 3.05) is 18.7 Å². The molecule has 1 aromatic heterocycles. The van der Waals surface area contributed by atoms with Gasteiger partial charge < -0.3 is 14.5 Å².